The van der Waals surface area contributed by atoms with E-state index in [0.29, 0.717) is 17.9 Å². The van der Waals surface area contributed by atoms with Crippen LogP contribution in [0.5, 0.6) is 0 Å². The number of carbonyl (C=O) groups excluding carboxylic acids is 2. The van der Waals surface area contributed by atoms with Gasteiger partial charge in [0.1, 0.15) is 12.4 Å². The van der Waals surface area contributed by atoms with Gasteiger partial charge in [-0.1, -0.05) is 24.3 Å². The topological polar surface area (TPSA) is 52.7 Å². The lowest BCUT2D eigenvalue weighted by atomic mass is 10.1. The van der Waals surface area contributed by atoms with Crippen LogP contribution in [0.2, 0.25) is 0 Å². The third-order valence-electron chi connectivity index (χ3n) is 4.40. The number of amides is 2. The van der Waals surface area contributed by atoms with Crippen molar-refractivity contribution in [1.29, 1.82) is 0 Å². The fourth-order valence-corrected chi connectivity index (χ4v) is 2.86. The van der Waals surface area contributed by atoms with E-state index in [1.807, 2.05) is 30.1 Å². The van der Waals surface area contributed by atoms with Crippen molar-refractivity contribution in [1.82, 2.24) is 4.90 Å². The SMILES string of the molecule is C[C@H](C(=O)N1CC(=O)Nc2ccccc21)N(C)Cc1ccc(F)cc1. The molecule has 0 radical (unpaired) electrons. The molecule has 0 spiro atoms. The Morgan fingerprint density at radius 3 is 2.64 bits per heavy atom. The van der Waals surface area contributed by atoms with Gasteiger partial charge in [0.05, 0.1) is 17.4 Å². The summed E-state index contributed by atoms with van der Waals surface area (Å²) in [5.41, 5.74) is 2.26. The van der Waals surface area contributed by atoms with E-state index in [1.54, 1.807) is 25.1 Å². The molecular weight excluding hydrogens is 321 g/mol. The van der Waals surface area contributed by atoms with Crippen molar-refractivity contribution in [2.24, 2.45) is 0 Å². The van der Waals surface area contributed by atoms with E-state index in [-0.39, 0.29) is 24.2 Å². The van der Waals surface area contributed by atoms with Gasteiger partial charge in [0, 0.05) is 6.54 Å². The highest BCUT2D eigenvalue weighted by atomic mass is 19.1. The third-order valence-corrected chi connectivity index (χ3v) is 4.40. The summed E-state index contributed by atoms with van der Waals surface area (Å²) in [6.07, 6.45) is 0. The van der Waals surface area contributed by atoms with Crippen molar-refractivity contribution >= 4 is 23.2 Å². The zero-order valence-corrected chi connectivity index (χ0v) is 14.2. The molecule has 6 heteroatoms. The van der Waals surface area contributed by atoms with E-state index >= 15 is 0 Å². The van der Waals surface area contributed by atoms with Crippen LogP contribution in [0.25, 0.3) is 0 Å². The summed E-state index contributed by atoms with van der Waals surface area (Å²) in [6.45, 7) is 2.32. The molecule has 1 aliphatic heterocycles. The molecule has 2 amide bonds. The standard InChI is InChI=1S/C19H20FN3O2/c1-13(22(2)11-14-7-9-15(20)10-8-14)19(25)23-12-18(24)21-16-5-3-4-6-17(16)23/h3-10,13H,11-12H2,1-2H3,(H,21,24)/t13-/m1/s1. The number of para-hydroxylation sites is 2. The van der Waals surface area contributed by atoms with Crippen LogP contribution in [0.3, 0.4) is 0 Å². The Morgan fingerprint density at radius 2 is 1.92 bits per heavy atom. The molecular formula is C19H20FN3O2. The first-order chi connectivity index (χ1) is 12.0. The summed E-state index contributed by atoms with van der Waals surface area (Å²) >= 11 is 0. The van der Waals surface area contributed by atoms with E-state index in [4.69, 9.17) is 0 Å². The lowest BCUT2D eigenvalue weighted by Crippen LogP contribution is -2.50. The zero-order valence-electron chi connectivity index (χ0n) is 14.2. The largest absolute Gasteiger partial charge is 0.323 e. The molecule has 0 saturated heterocycles. The maximum absolute atomic E-state index is 13.0. The third kappa shape index (κ3) is 3.69. The first-order valence-corrected chi connectivity index (χ1v) is 8.10. The molecule has 0 aliphatic carbocycles. The zero-order chi connectivity index (χ0) is 18.0. The van der Waals surface area contributed by atoms with Crippen LogP contribution in [0.4, 0.5) is 15.8 Å². The normalized spacial score (nSPS) is 14.9. The molecule has 5 nitrogen and oxygen atoms in total. The first kappa shape index (κ1) is 17.1. The van der Waals surface area contributed by atoms with E-state index < -0.39 is 6.04 Å². The van der Waals surface area contributed by atoms with Gasteiger partial charge in [-0.2, -0.15) is 0 Å². The van der Waals surface area contributed by atoms with Crippen molar-refractivity contribution in [2.45, 2.75) is 19.5 Å². The van der Waals surface area contributed by atoms with Crippen molar-refractivity contribution in [3.05, 3.63) is 59.9 Å². The van der Waals surface area contributed by atoms with Crippen molar-refractivity contribution in [2.75, 3.05) is 23.8 Å². The van der Waals surface area contributed by atoms with Crippen LogP contribution in [-0.4, -0.2) is 36.3 Å². The number of halogens is 1. The van der Waals surface area contributed by atoms with Crippen LogP contribution < -0.4 is 10.2 Å². The van der Waals surface area contributed by atoms with Gasteiger partial charge < -0.3 is 5.32 Å². The summed E-state index contributed by atoms with van der Waals surface area (Å²) < 4.78 is 13.0. The fourth-order valence-electron chi connectivity index (χ4n) is 2.86. The first-order valence-electron chi connectivity index (χ1n) is 8.10. The molecule has 3 rings (SSSR count). The van der Waals surface area contributed by atoms with E-state index in [1.165, 1.54) is 17.0 Å². The quantitative estimate of drug-likeness (QED) is 0.930. The smallest absolute Gasteiger partial charge is 0.244 e. The minimum absolute atomic E-state index is 0.00454. The van der Waals surface area contributed by atoms with Gasteiger partial charge in [-0.15, -0.1) is 0 Å². The molecule has 1 atom stereocenters. The van der Waals surface area contributed by atoms with Gasteiger partial charge in [-0.05, 0) is 43.8 Å². The van der Waals surface area contributed by atoms with E-state index in [9.17, 15) is 14.0 Å². The fraction of sp³-hybridized carbons (Fsp3) is 0.263. The highest BCUT2D eigenvalue weighted by Crippen LogP contribution is 2.29. The van der Waals surface area contributed by atoms with Gasteiger partial charge in [0.15, 0.2) is 0 Å². The molecule has 1 N–H and O–H groups in total. The Hall–Kier alpha value is -2.73. The molecule has 0 fully saturated rings. The van der Waals surface area contributed by atoms with Gasteiger partial charge in [-0.3, -0.25) is 19.4 Å². The summed E-state index contributed by atoms with van der Waals surface area (Å²) in [5, 5.41) is 2.78. The number of benzene rings is 2. The summed E-state index contributed by atoms with van der Waals surface area (Å²) in [7, 11) is 1.84. The van der Waals surface area contributed by atoms with Crippen LogP contribution >= 0.6 is 0 Å². The molecule has 130 valence electrons. The monoisotopic (exact) mass is 341 g/mol. The maximum Gasteiger partial charge on any atom is 0.244 e. The summed E-state index contributed by atoms with van der Waals surface area (Å²) in [6, 6.07) is 13.0. The van der Waals surface area contributed by atoms with Crippen molar-refractivity contribution < 1.29 is 14.0 Å². The number of carbonyl (C=O) groups is 2. The lowest BCUT2D eigenvalue weighted by molar-refractivity contribution is -0.125. The van der Waals surface area contributed by atoms with Crippen LogP contribution in [-0.2, 0) is 16.1 Å². The second-order valence-corrected chi connectivity index (χ2v) is 6.21. The second kappa shape index (κ2) is 7.03. The number of anilines is 2. The molecule has 0 bridgehead atoms. The highest BCUT2D eigenvalue weighted by molar-refractivity contribution is 6.11. The summed E-state index contributed by atoms with van der Waals surface area (Å²) in [4.78, 5) is 28.2. The molecule has 25 heavy (non-hydrogen) atoms. The van der Waals surface area contributed by atoms with Gasteiger partial charge in [0.25, 0.3) is 0 Å². The second-order valence-electron chi connectivity index (χ2n) is 6.21. The minimum atomic E-state index is -0.427. The number of fused-ring (bicyclic) bond motifs is 1. The maximum atomic E-state index is 13.0. The van der Waals surface area contributed by atoms with Crippen molar-refractivity contribution in [3.8, 4) is 0 Å². The molecule has 0 aromatic heterocycles. The Morgan fingerprint density at radius 1 is 1.24 bits per heavy atom. The summed E-state index contributed by atoms with van der Waals surface area (Å²) in [5.74, 6) is -0.640. The predicted octanol–water partition coefficient (Wildman–Crippen LogP) is 2.63. The number of hydrogen-bond donors (Lipinski definition) is 1. The van der Waals surface area contributed by atoms with Crippen LogP contribution in [0.1, 0.15) is 12.5 Å². The van der Waals surface area contributed by atoms with Crippen molar-refractivity contribution in [3.63, 3.8) is 0 Å². The number of hydrogen-bond acceptors (Lipinski definition) is 3. The van der Waals surface area contributed by atoms with Crippen LogP contribution in [0, 0.1) is 5.82 Å². The lowest BCUT2D eigenvalue weighted by Gasteiger charge is -2.33. The number of rotatable bonds is 4. The van der Waals surface area contributed by atoms with Gasteiger partial charge >= 0.3 is 0 Å². The Bertz CT molecular complexity index is 792. The van der Waals surface area contributed by atoms with E-state index in [0.717, 1.165) is 5.56 Å². The van der Waals surface area contributed by atoms with Crippen LogP contribution in [0.15, 0.2) is 48.5 Å². The van der Waals surface area contributed by atoms with E-state index in [2.05, 4.69) is 5.32 Å². The van der Waals surface area contributed by atoms with Gasteiger partial charge in [-0.25, -0.2) is 4.39 Å². The Labute approximate surface area is 146 Å². The van der Waals surface area contributed by atoms with Gasteiger partial charge in [0.2, 0.25) is 11.8 Å². The molecule has 2 aromatic rings. The number of nitrogens with one attached hydrogen (secondary N) is 1. The number of nitrogens with zero attached hydrogens (tertiary/aromatic N) is 2. The molecule has 2 aromatic carbocycles. The number of likely N-dealkylation sites (N-methyl/N-ethyl adjacent to an activating group) is 1. The average Bonchev–Trinajstić information content (AvgIpc) is 2.61. The Balaban J connectivity index is 1.75. The Kier molecular flexibility index (Phi) is 4.81. The molecule has 0 saturated carbocycles. The molecule has 1 heterocycles. The predicted molar refractivity (Wildman–Crippen MR) is 94.8 cm³/mol. The minimum Gasteiger partial charge on any atom is -0.323 e. The molecule has 1 aliphatic rings. The average molecular weight is 341 g/mol. The highest BCUT2D eigenvalue weighted by Gasteiger charge is 2.31. The molecule has 0 unspecified atom stereocenters.